The molecule has 0 aromatic carbocycles. The molecule has 0 bridgehead atoms. The average Bonchev–Trinajstić information content (AvgIpc) is 2.43. The van der Waals surface area contributed by atoms with Crippen molar-refractivity contribution in [1.29, 1.82) is 0 Å². The lowest BCUT2D eigenvalue weighted by Gasteiger charge is -2.34. The van der Waals surface area contributed by atoms with E-state index in [9.17, 15) is 36.0 Å². The van der Waals surface area contributed by atoms with E-state index >= 15 is 0 Å². The third kappa shape index (κ3) is 4.90. The summed E-state index contributed by atoms with van der Waals surface area (Å²) in [4.78, 5) is 36.0. The van der Waals surface area contributed by atoms with Crippen LogP contribution < -0.4 is 4.72 Å². The number of ether oxygens (including phenoxy) is 1. The molecule has 0 unspecified atom stereocenters. The van der Waals surface area contributed by atoms with Crippen molar-refractivity contribution in [3.05, 3.63) is 0 Å². The van der Waals surface area contributed by atoms with E-state index < -0.39 is 58.4 Å². The Morgan fingerprint density at radius 3 is 2.46 bits per heavy atom. The van der Waals surface area contributed by atoms with Gasteiger partial charge in [0.15, 0.2) is 0 Å². The lowest BCUT2D eigenvalue weighted by Crippen LogP contribution is -2.51. The smallest absolute Gasteiger partial charge is 0.463 e. The van der Waals surface area contributed by atoms with E-state index in [1.807, 2.05) is 0 Å². The number of carbonyl (C=O) groups is 3. The van der Waals surface area contributed by atoms with Gasteiger partial charge in [0.25, 0.3) is 0 Å². The molecular weight excluding hydrogens is 357 g/mol. The Morgan fingerprint density at radius 1 is 1.33 bits per heavy atom. The lowest BCUT2D eigenvalue weighted by molar-refractivity contribution is -0.162. The standard InChI is InChI=1S/C12H17F3N2O6S/c1-11(2)4-3-8(18)17(10(11)20)7-9(19)23-6-5-16-24(21,22)12(13,14)15/h16H,3-7H2,1-2H3. The van der Waals surface area contributed by atoms with Gasteiger partial charge in [-0.25, -0.2) is 13.1 Å². The number of likely N-dealkylation sites (tertiary alicyclic amines) is 1. The number of imide groups is 1. The third-order valence-corrected chi connectivity index (χ3v) is 4.53. The summed E-state index contributed by atoms with van der Waals surface area (Å²) in [5, 5.41) is 0. The summed E-state index contributed by atoms with van der Waals surface area (Å²) in [5.74, 6) is -2.12. The van der Waals surface area contributed by atoms with Crippen LogP contribution in [-0.2, 0) is 29.1 Å². The maximum Gasteiger partial charge on any atom is 0.511 e. The second kappa shape index (κ2) is 7.05. The van der Waals surface area contributed by atoms with Crippen LogP contribution in [0, 0.1) is 5.41 Å². The van der Waals surface area contributed by atoms with Crippen LogP contribution in [0.4, 0.5) is 13.2 Å². The van der Waals surface area contributed by atoms with Gasteiger partial charge in [-0.15, -0.1) is 0 Å². The molecule has 24 heavy (non-hydrogen) atoms. The first-order chi connectivity index (χ1) is 10.8. The summed E-state index contributed by atoms with van der Waals surface area (Å²) in [5.41, 5.74) is -6.27. The highest BCUT2D eigenvalue weighted by Crippen LogP contribution is 2.30. The molecule has 0 aromatic heterocycles. The van der Waals surface area contributed by atoms with Crippen LogP contribution in [0.5, 0.6) is 0 Å². The number of alkyl halides is 3. The molecule has 0 aliphatic carbocycles. The van der Waals surface area contributed by atoms with Crippen LogP contribution in [-0.4, -0.2) is 56.3 Å². The normalized spacial score (nSPS) is 18.6. The molecule has 1 aliphatic heterocycles. The second-order valence-corrected chi connectivity index (χ2v) is 7.49. The molecule has 8 nitrogen and oxygen atoms in total. The number of nitrogens with one attached hydrogen (secondary N) is 1. The SMILES string of the molecule is CC1(C)CCC(=O)N(CC(=O)OCCNS(=O)(=O)C(F)(F)F)C1=O. The minimum Gasteiger partial charge on any atom is -0.463 e. The zero-order chi connectivity index (χ0) is 18.8. The van der Waals surface area contributed by atoms with Crippen LogP contribution in [0.3, 0.4) is 0 Å². The molecule has 1 N–H and O–H groups in total. The van der Waals surface area contributed by atoms with Crippen molar-refractivity contribution in [1.82, 2.24) is 9.62 Å². The number of esters is 1. The molecule has 1 heterocycles. The minimum atomic E-state index is -5.52. The number of amides is 2. The Hall–Kier alpha value is -1.69. The van der Waals surface area contributed by atoms with Crippen LogP contribution in [0.1, 0.15) is 26.7 Å². The largest absolute Gasteiger partial charge is 0.511 e. The number of hydrogen-bond donors (Lipinski definition) is 1. The summed E-state index contributed by atoms with van der Waals surface area (Å²) in [6.45, 7) is 1.10. The monoisotopic (exact) mass is 374 g/mol. The fraction of sp³-hybridized carbons (Fsp3) is 0.750. The second-order valence-electron chi connectivity index (χ2n) is 5.73. The summed E-state index contributed by atoms with van der Waals surface area (Å²) in [7, 11) is -5.52. The van der Waals surface area contributed by atoms with Crippen molar-refractivity contribution >= 4 is 27.8 Å². The average molecular weight is 374 g/mol. The number of nitrogens with zero attached hydrogens (tertiary/aromatic N) is 1. The van der Waals surface area contributed by atoms with Crippen LogP contribution in [0.15, 0.2) is 0 Å². The molecular formula is C12H17F3N2O6S. The molecule has 1 aliphatic rings. The molecule has 1 fully saturated rings. The van der Waals surface area contributed by atoms with Gasteiger partial charge in [0.2, 0.25) is 11.8 Å². The lowest BCUT2D eigenvalue weighted by atomic mass is 9.83. The van der Waals surface area contributed by atoms with Crippen molar-refractivity contribution in [2.45, 2.75) is 32.2 Å². The molecule has 0 spiro atoms. The highest BCUT2D eigenvalue weighted by atomic mass is 32.2. The van der Waals surface area contributed by atoms with Crippen LogP contribution >= 0.6 is 0 Å². The molecule has 1 rings (SSSR count). The zero-order valence-corrected chi connectivity index (χ0v) is 13.8. The third-order valence-electron chi connectivity index (χ3n) is 3.34. The first kappa shape index (κ1) is 20.4. The Labute approximate surface area is 136 Å². The molecule has 138 valence electrons. The highest BCUT2D eigenvalue weighted by Gasteiger charge is 2.45. The molecule has 0 aromatic rings. The highest BCUT2D eigenvalue weighted by molar-refractivity contribution is 7.90. The van der Waals surface area contributed by atoms with Gasteiger partial charge in [0, 0.05) is 18.4 Å². The zero-order valence-electron chi connectivity index (χ0n) is 13.0. The van der Waals surface area contributed by atoms with Gasteiger partial charge in [0.05, 0.1) is 0 Å². The first-order valence-corrected chi connectivity index (χ1v) is 8.32. The predicted octanol–water partition coefficient (Wildman–Crippen LogP) is 0.144. The van der Waals surface area contributed by atoms with Gasteiger partial charge < -0.3 is 4.74 Å². The molecule has 0 atom stereocenters. The number of sulfonamides is 1. The van der Waals surface area contributed by atoms with Crippen molar-refractivity contribution in [2.75, 3.05) is 19.7 Å². The van der Waals surface area contributed by atoms with E-state index in [0.29, 0.717) is 6.42 Å². The number of halogens is 3. The maximum atomic E-state index is 12.0. The first-order valence-electron chi connectivity index (χ1n) is 6.84. The van der Waals surface area contributed by atoms with Gasteiger partial charge >= 0.3 is 21.5 Å². The summed E-state index contributed by atoms with van der Waals surface area (Å²) in [6, 6.07) is 0. The summed E-state index contributed by atoms with van der Waals surface area (Å²) >= 11 is 0. The number of rotatable bonds is 6. The Kier molecular flexibility index (Phi) is 5.98. The van der Waals surface area contributed by atoms with E-state index in [0.717, 1.165) is 4.90 Å². The maximum absolute atomic E-state index is 12.0. The molecule has 1 saturated heterocycles. The fourth-order valence-corrected chi connectivity index (χ4v) is 2.41. The van der Waals surface area contributed by atoms with Crippen molar-refractivity contribution in [2.24, 2.45) is 5.41 Å². The summed E-state index contributed by atoms with van der Waals surface area (Å²) < 4.78 is 63.3. The van der Waals surface area contributed by atoms with E-state index in [1.165, 1.54) is 4.72 Å². The van der Waals surface area contributed by atoms with Gasteiger partial charge in [-0.2, -0.15) is 13.2 Å². The van der Waals surface area contributed by atoms with E-state index in [1.54, 1.807) is 13.8 Å². The van der Waals surface area contributed by atoms with Crippen LogP contribution in [0.25, 0.3) is 0 Å². The quantitative estimate of drug-likeness (QED) is 0.402. The van der Waals surface area contributed by atoms with Crippen LogP contribution in [0.2, 0.25) is 0 Å². The van der Waals surface area contributed by atoms with Crippen molar-refractivity contribution < 1.29 is 40.7 Å². The van der Waals surface area contributed by atoms with Crippen molar-refractivity contribution in [3.8, 4) is 0 Å². The minimum absolute atomic E-state index is 0.0808. The van der Waals surface area contributed by atoms with Gasteiger partial charge in [0.1, 0.15) is 13.2 Å². The number of carbonyl (C=O) groups excluding carboxylic acids is 3. The number of hydrogen-bond acceptors (Lipinski definition) is 6. The van der Waals surface area contributed by atoms with E-state index in [4.69, 9.17) is 0 Å². The topological polar surface area (TPSA) is 110 Å². The fourth-order valence-electron chi connectivity index (χ4n) is 1.90. The van der Waals surface area contributed by atoms with Crippen molar-refractivity contribution in [3.63, 3.8) is 0 Å². The number of piperidine rings is 1. The molecule has 12 heteroatoms. The van der Waals surface area contributed by atoms with Gasteiger partial charge in [-0.3, -0.25) is 19.3 Å². The van der Waals surface area contributed by atoms with Gasteiger partial charge in [-0.1, -0.05) is 13.8 Å². The molecule has 2 amide bonds. The van der Waals surface area contributed by atoms with E-state index in [2.05, 4.69) is 4.74 Å². The Morgan fingerprint density at radius 2 is 1.92 bits per heavy atom. The molecule has 0 saturated carbocycles. The van der Waals surface area contributed by atoms with Gasteiger partial charge in [-0.05, 0) is 6.42 Å². The summed E-state index contributed by atoms with van der Waals surface area (Å²) in [6.07, 6.45) is 0.423. The Balaban J connectivity index is 2.47. The van der Waals surface area contributed by atoms with E-state index in [-0.39, 0.29) is 6.42 Å². The Bertz CT molecular complexity index is 629. The molecule has 0 radical (unpaired) electrons. The predicted molar refractivity (Wildman–Crippen MR) is 73.7 cm³/mol.